The molecule has 0 unspecified atom stereocenters. The minimum atomic E-state index is -1.22. The fraction of sp³-hybridized carbons (Fsp3) is 0.923. The van der Waals surface area contributed by atoms with Crippen molar-refractivity contribution in [1.29, 1.82) is 0 Å². The molecule has 0 aromatic carbocycles. The van der Waals surface area contributed by atoms with Gasteiger partial charge < -0.3 is 9.47 Å². The van der Waals surface area contributed by atoms with Crippen molar-refractivity contribution in [2.24, 2.45) is 4.40 Å². The lowest BCUT2D eigenvalue weighted by atomic mass is 9.94. The Hall–Kier alpha value is -0.260. The second-order valence-corrected chi connectivity index (χ2v) is 7.99. The van der Waals surface area contributed by atoms with Crippen LogP contribution in [0, 0.1) is 0 Å². The van der Waals surface area contributed by atoms with Crippen molar-refractivity contribution in [3.63, 3.8) is 0 Å². The predicted octanol–water partition coefficient (Wildman–Crippen LogP) is 2.60. The molecule has 18 heavy (non-hydrogen) atoms. The lowest BCUT2D eigenvalue weighted by Crippen LogP contribution is -2.33. The summed E-state index contributed by atoms with van der Waals surface area (Å²) < 4.78 is 27.3. The van der Waals surface area contributed by atoms with Gasteiger partial charge in [0.05, 0.1) is 11.4 Å². The van der Waals surface area contributed by atoms with Gasteiger partial charge in [-0.3, -0.25) is 0 Å². The summed E-state index contributed by atoms with van der Waals surface area (Å²) in [5, 5.41) is 0. The van der Waals surface area contributed by atoms with Gasteiger partial charge in [0, 0.05) is 19.1 Å². The van der Waals surface area contributed by atoms with Crippen LogP contribution in [0.1, 0.15) is 52.9 Å². The molecule has 1 spiro atoms. The first-order valence-corrected chi connectivity index (χ1v) is 7.80. The number of nitrogens with zero attached hydrogens (tertiary/aromatic N) is 1. The van der Waals surface area contributed by atoms with Crippen molar-refractivity contribution < 1.29 is 13.7 Å². The molecule has 1 aliphatic heterocycles. The maximum absolute atomic E-state index is 11.8. The largest absolute Gasteiger partial charge is 0.347 e. The van der Waals surface area contributed by atoms with Gasteiger partial charge in [0.25, 0.3) is 0 Å². The topological polar surface area (TPSA) is 47.9 Å². The van der Waals surface area contributed by atoms with Gasteiger partial charge in [-0.1, -0.05) is 6.42 Å². The van der Waals surface area contributed by atoms with E-state index in [0.29, 0.717) is 6.61 Å². The molecule has 4 nitrogen and oxygen atoms in total. The molecule has 1 aliphatic carbocycles. The van der Waals surface area contributed by atoms with E-state index in [1.807, 2.05) is 20.8 Å². The monoisotopic (exact) mass is 273 g/mol. The third-order valence-corrected chi connectivity index (χ3v) is 4.70. The molecule has 1 saturated carbocycles. The van der Waals surface area contributed by atoms with Gasteiger partial charge in [-0.05, 0) is 33.6 Å². The van der Waals surface area contributed by atoms with Crippen molar-refractivity contribution >= 4 is 17.2 Å². The molecular weight excluding hydrogens is 250 g/mol. The molecule has 1 saturated heterocycles. The van der Waals surface area contributed by atoms with Crippen LogP contribution in [0.5, 0.6) is 0 Å². The van der Waals surface area contributed by atoms with Crippen molar-refractivity contribution in [3.8, 4) is 0 Å². The van der Waals surface area contributed by atoms with Crippen LogP contribution in [0.2, 0.25) is 0 Å². The minimum Gasteiger partial charge on any atom is -0.347 e. The molecule has 2 atom stereocenters. The Bertz CT molecular complexity index is 343. The smallest absolute Gasteiger partial charge is 0.169 e. The zero-order valence-electron chi connectivity index (χ0n) is 11.5. The molecule has 5 heteroatoms. The van der Waals surface area contributed by atoms with E-state index in [1.165, 1.54) is 6.42 Å². The van der Waals surface area contributed by atoms with Crippen molar-refractivity contribution in [2.45, 2.75) is 69.5 Å². The summed E-state index contributed by atoms with van der Waals surface area (Å²) in [6, 6.07) is 0. The van der Waals surface area contributed by atoms with Crippen LogP contribution < -0.4 is 0 Å². The van der Waals surface area contributed by atoms with Crippen LogP contribution >= 0.6 is 0 Å². The molecule has 0 aromatic heterocycles. The molecule has 0 aromatic rings. The quantitative estimate of drug-likeness (QED) is 0.727. The number of hydrogen-bond donors (Lipinski definition) is 0. The average Bonchev–Trinajstić information content (AvgIpc) is 2.69. The Morgan fingerprint density at radius 3 is 2.56 bits per heavy atom. The highest BCUT2D eigenvalue weighted by molar-refractivity contribution is 7.85. The minimum absolute atomic E-state index is 0.144. The third kappa shape index (κ3) is 3.39. The number of hydrogen-bond acceptors (Lipinski definition) is 3. The molecule has 0 amide bonds. The Kier molecular flexibility index (Phi) is 4.24. The lowest BCUT2D eigenvalue weighted by Gasteiger charge is -2.31. The Morgan fingerprint density at radius 1 is 1.28 bits per heavy atom. The molecule has 2 rings (SSSR count). The van der Waals surface area contributed by atoms with E-state index in [1.54, 1.807) is 6.21 Å². The molecule has 0 N–H and O–H groups in total. The van der Waals surface area contributed by atoms with Crippen LogP contribution in [0.4, 0.5) is 0 Å². The van der Waals surface area contributed by atoms with Gasteiger partial charge in [0.2, 0.25) is 0 Å². The van der Waals surface area contributed by atoms with E-state index in [9.17, 15) is 4.21 Å². The fourth-order valence-electron chi connectivity index (χ4n) is 2.29. The standard InChI is InChI=1S/C13H23NO3S/c1-12(2,3)18(15)14-9-11-10-16-13(17-11)7-5-4-6-8-13/h9,11H,4-8,10H2,1-3H3/b14-9-/t11-,18-/m0/s1. The van der Waals surface area contributed by atoms with E-state index in [0.717, 1.165) is 25.7 Å². The first-order chi connectivity index (χ1) is 8.41. The molecule has 104 valence electrons. The van der Waals surface area contributed by atoms with Crippen LogP contribution in [-0.4, -0.2) is 33.7 Å². The van der Waals surface area contributed by atoms with Crippen molar-refractivity contribution in [3.05, 3.63) is 0 Å². The SMILES string of the molecule is CC(C)(C)[S@](=O)/N=C\[C@H]1COC2(CCCCC2)O1. The summed E-state index contributed by atoms with van der Waals surface area (Å²) in [5.41, 5.74) is 0. The molecule has 1 heterocycles. The molecular formula is C13H23NO3S. The second kappa shape index (κ2) is 5.39. The van der Waals surface area contributed by atoms with E-state index >= 15 is 0 Å². The van der Waals surface area contributed by atoms with Crippen molar-refractivity contribution in [2.75, 3.05) is 6.61 Å². The fourth-order valence-corrected chi connectivity index (χ4v) is 2.85. The van der Waals surface area contributed by atoms with Crippen LogP contribution in [0.25, 0.3) is 0 Å². The van der Waals surface area contributed by atoms with Crippen molar-refractivity contribution in [1.82, 2.24) is 0 Å². The highest BCUT2D eigenvalue weighted by Gasteiger charge is 2.41. The summed E-state index contributed by atoms with van der Waals surface area (Å²) in [5.74, 6) is -0.377. The van der Waals surface area contributed by atoms with Gasteiger partial charge in [-0.2, -0.15) is 4.40 Å². The second-order valence-electron chi connectivity index (χ2n) is 6.05. The van der Waals surface area contributed by atoms with E-state index in [2.05, 4.69) is 4.40 Å². The first-order valence-electron chi connectivity index (χ1n) is 6.69. The van der Waals surface area contributed by atoms with Crippen LogP contribution in [0.3, 0.4) is 0 Å². The number of rotatable bonds is 2. The van der Waals surface area contributed by atoms with E-state index in [-0.39, 0.29) is 16.6 Å². The summed E-state index contributed by atoms with van der Waals surface area (Å²) in [6.07, 6.45) is 7.05. The van der Waals surface area contributed by atoms with Crippen LogP contribution in [0.15, 0.2) is 4.40 Å². The predicted molar refractivity (Wildman–Crippen MR) is 73.0 cm³/mol. The van der Waals surface area contributed by atoms with E-state index < -0.39 is 11.0 Å². The zero-order valence-corrected chi connectivity index (χ0v) is 12.3. The van der Waals surface area contributed by atoms with Gasteiger partial charge in [0.15, 0.2) is 5.79 Å². The van der Waals surface area contributed by atoms with E-state index in [4.69, 9.17) is 9.47 Å². The molecule has 0 bridgehead atoms. The Balaban J connectivity index is 1.89. The van der Waals surface area contributed by atoms with Gasteiger partial charge >= 0.3 is 0 Å². The van der Waals surface area contributed by atoms with Gasteiger partial charge in [0.1, 0.15) is 17.1 Å². The summed E-state index contributed by atoms with van der Waals surface area (Å²) in [7, 11) is -1.22. The molecule has 0 radical (unpaired) electrons. The zero-order chi connectivity index (χ0) is 13.2. The molecule has 2 aliphatic rings. The lowest BCUT2D eigenvalue weighted by molar-refractivity contribution is -0.181. The average molecular weight is 273 g/mol. The molecule has 2 fully saturated rings. The number of ether oxygens (including phenoxy) is 2. The Labute approximate surface area is 112 Å². The van der Waals surface area contributed by atoms with Gasteiger partial charge in [-0.15, -0.1) is 0 Å². The van der Waals surface area contributed by atoms with Gasteiger partial charge in [-0.25, -0.2) is 4.21 Å². The third-order valence-electron chi connectivity index (χ3n) is 3.34. The summed E-state index contributed by atoms with van der Waals surface area (Å²) >= 11 is 0. The highest BCUT2D eigenvalue weighted by atomic mass is 32.2. The maximum Gasteiger partial charge on any atom is 0.169 e. The Morgan fingerprint density at radius 2 is 1.94 bits per heavy atom. The highest BCUT2D eigenvalue weighted by Crippen LogP contribution is 2.37. The normalized spacial score (nSPS) is 30.1. The summed E-state index contributed by atoms with van der Waals surface area (Å²) in [4.78, 5) is 0. The van der Waals surface area contributed by atoms with Crippen LogP contribution in [-0.2, 0) is 20.5 Å². The summed E-state index contributed by atoms with van der Waals surface area (Å²) in [6.45, 7) is 6.27. The first kappa shape index (κ1) is 14.2. The maximum atomic E-state index is 11.8.